The Kier molecular flexibility index (Phi) is 2.48. The minimum absolute atomic E-state index is 0.540. The quantitative estimate of drug-likeness (QED) is 0.460. The number of thioether (sulfide) groups is 1. The van der Waals surface area contributed by atoms with Gasteiger partial charge in [0.05, 0.1) is 0 Å². The predicted octanol–water partition coefficient (Wildman–Crippen LogP) is 3.40. The molecule has 0 aliphatic carbocycles. The summed E-state index contributed by atoms with van der Waals surface area (Å²) in [5.41, 5.74) is 1.30. The molecule has 1 aliphatic rings. The summed E-state index contributed by atoms with van der Waals surface area (Å²) in [6.45, 7) is 10.4. The van der Waals surface area contributed by atoms with Crippen LogP contribution in [0.1, 0.15) is 27.2 Å². The second-order valence-electron chi connectivity index (χ2n) is 3.60. The Balaban J connectivity index is 2.30. The monoisotopic (exact) mass is 168 g/mol. The minimum Gasteiger partial charge on any atom is -0.149 e. The van der Waals surface area contributed by atoms with Crippen LogP contribution in [-0.2, 0) is 0 Å². The van der Waals surface area contributed by atoms with Crippen LogP contribution in [-0.4, -0.2) is 10.00 Å². The van der Waals surface area contributed by atoms with Crippen molar-refractivity contribution in [2.75, 3.05) is 0 Å². The van der Waals surface area contributed by atoms with E-state index in [-0.39, 0.29) is 0 Å². The van der Waals surface area contributed by atoms with Crippen LogP contribution in [0.3, 0.4) is 0 Å². The molecule has 1 heterocycles. The smallest absolute Gasteiger partial charge is 0.0229 e. The van der Waals surface area contributed by atoms with Crippen molar-refractivity contribution < 1.29 is 0 Å². The summed E-state index contributed by atoms with van der Waals surface area (Å²) in [6, 6.07) is 0. The summed E-state index contributed by atoms with van der Waals surface area (Å²) in [7, 11) is 0. The second kappa shape index (κ2) is 3.06. The summed E-state index contributed by atoms with van der Waals surface area (Å²) < 4.78 is 0.540. The highest BCUT2D eigenvalue weighted by atomic mass is 32.2. The standard InChI is InChI=1S/C10H16S/c1-5-8(2)6-7-9-10(3,4)11-9/h5-6,9H,1,7H2,2-4H3. The number of rotatable bonds is 3. The Morgan fingerprint density at radius 2 is 2.18 bits per heavy atom. The SMILES string of the molecule is C=CC(C)=CCC1SC1(C)C. The van der Waals surface area contributed by atoms with Crippen molar-refractivity contribution in [1.82, 2.24) is 0 Å². The average Bonchev–Trinajstić information content (AvgIpc) is 2.54. The Bertz CT molecular complexity index is 189. The lowest BCUT2D eigenvalue weighted by atomic mass is 10.1. The molecule has 1 heteroatoms. The highest BCUT2D eigenvalue weighted by Gasteiger charge is 2.45. The molecule has 62 valence electrons. The largest absolute Gasteiger partial charge is 0.149 e. The fourth-order valence-corrected chi connectivity index (χ4v) is 1.99. The molecule has 0 aromatic carbocycles. The van der Waals surface area contributed by atoms with Crippen LogP contribution in [0, 0.1) is 0 Å². The molecule has 1 fully saturated rings. The molecule has 1 atom stereocenters. The highest BCUT2D eigenvalue weighted by molar-refractivity contribution is 8.08. The van der Waals surface area contributed by atoms with E-state index in [4.69, 9.17) is 0 Å². The average molecular weight is 168 g/mol. The van der Waals surface area contributed by atoms with E-state index in [1.54, 1.807) is 0 Å². The van der Waals surface area contributed by atoms with E-state index in [1.807, 2.05) is 6.08 Å². The van der Waals surface area contributed by atoms with Gasteiger partial charge in [-0.25, -0.2) is 0 Å². The second-order valence-corrected chi connectivity index (χ2v) is 5.45. The van der Waals surface area contributed by atoms with Gasteiger partial charge in [0.2, 0.25) is 0 Å². The molecule has 1 rings (SSSR count). The molecule has 0 aromatic rings. The zero-order valence-corrected chi connectivity index (χ0v) is 8.37. The van der Waals surface area contributed by atoms with Crippen LogP contribution in [0.15, 0.2) is 24.3 Å². The summed E-state index contributed by atoms with van der Waals surface area (Å²) in [5, 5.41) is 0.845. The van der Waals surface area contributed by atoms with E-state index in [2.05, 4.69) is 45.2 Å². The Hall–Kier alpha value is -0.170. The molecule has 0 N–H and O–H groups in total. The van der Waals surface area contributed by atoms with Crippen molar-refractivity contribution in [2.45, 2.75) is 37.2 Å². The maximum absolute atomic E-state index is 3.72. The zero-order valence-electron chi connectivity index (χ0n) is 7.55. The van der Waals surface area contributed by atoms with Gasteiger partial charge in [-0.2, -0.15) is 0 Å². The third kappa shape index (κ3) is 2.41. The van der Waals surface area contributed by atoms with Crippen LogP contribution in [0.25, 0.3) is 0 Å². The van der Waals surface area contributed by atoms with Gasteiger partial charge in [-0.15, -0.1) is 11.8 Å². The van der Waals surface area contributed by atoms with Gasteiger partial charge in [0.25, 0.3) is 0 Å². The normalized spacial score (nSPS) is 28.3. The zero-order chi connectivity index (χ0) is 8.48. The van der Waals surface area contributed by atoms with E-state index >= 15 is 0 Å². The molecule has 0 aromatic heterocycles. The van der Waals surface area contributed by atoms with Crippen molar-refractivity contribution in [2.24, 2.45) is 0 Å². The fraction of sp³-hybridized carbons (Fsp3) is 0.600. The topological polar surface area (TPSA) is 0 Å². The highest BCUT2D eigenvalue weighted by Crippen LogP contribution is 2.54. The third-order valence-corrected chi connectivity index (χ3v) is 3.84. The summed E-state index contributed by atoms with van der Waals surface area (Å²) in [6.07, 6.45) is 5.40. The molecule has 11 heavy (non-hydrogen) atoms. The van der Waals surface area contributed by atoms with Crippen LogP contribution < -0.4 is 0 Å². The number of allylic oxidation sites excluding steroid dienone is 3. The lowest BCUT2D eigenvalue weighted by molar-refractivity contribution is 0.761. The predicted molar refractivity (Wildman–Crippen MR) is 54.0 cm³/mol. The van der Waals surface area contributed by atoms with Gasteiger partial charge in [0.1, 0.15) is 0 Å². The number of hydrogen-bond acceptors (Lipinski definition) is 1. The minimum atomic E-state index is 0.540. The van der Waals surface area contributed by atoms with E-state index < -0.39 is 0 Å². The summed E-state index contributed by atoms with van der Waals surface area (Å²) in [5.74, 6) is 0. The van der Waals surface area contributed by atoms with Crippen molar-refractivity contribution in [3.8, 4) is 0 Å². The van der Waals surface area contributed by atoms with Gasteiger partial charge in [-0.3, -0.25) is 0 Å². The lowest BCUT2D eigenvalue weighted by Crippen LogP contribution is -2.00. The van der Waals surface area contributed by atoms with Gasteiger partial charge < -0.3 is 0 Å². The van der Waals surface area contributed by atoms with Gasteiger partial charge in [0, 0.05) is 10.00 Å². The van der Waals surface area contributed by atoms with Gasteiger partial charge in [0.15, 0.2) is 0 Å². The van der Waals surface area contributed by atoms with Crippen molar-refractivity contribution in [1.29, 1.82) is 0 Å². The Morgan fingerprint density at radius 3 is 2.55 bits per heavy atom. The first-order valence-corrected chi connectivity index (χ1v) is 4.91. The van der Waals surface area contributed by atoms with E-state index in [0.29, 0.717) is 4.75 Å². The molecule has 0 bridgehead atoms. The van der Waals surface area contributed by atoms with Crippen molar-refractivity contribution >= 4 is 11.8 Å². The molecular weight excluding hydrogens is 152 g/mol. The molecule has 0 radical (unpaired) electrons. The lowest BCUT2D eigenvalue weighted by Gasteiger charge is -1.96. The molecule has 1 saturated heterocycles. The van der Waals surface area contributed by atoms with Crippen LogP contribution in [0.4, 0.5) is 0 Å². The Morgan fingerprint density at radius 1 is 1.64 bits per heavy atom. The molecule has 0 nitrogen and oxygen atoms in total. The maximum atomic E-state index is 3.72. The van der Waals surface area contributed by atoms with Gasteiger partial charge in [-0.1, -0.05) is 24.3 Å². The van der Waals surface area contributed by atoms with E-state index in [0.717, 1.165) is 5.25 Å². The van der Waals surface area contributed by atoms with E-state index in [9.17, 15) is 0 Å². The van der Waals surface area contributed by atoms with Crippen LogP contribution >= 0.6 is 11.8 Å². The molecular formula is C10H16S. The van der Waals surface area contributed by atoms with Gasteiger partial charge >= 0.3 is 0 Å². The van der Waals surface area contributed by atoms with Crippen LogP contribution in [0.2, 0.25) is 0 Å². The fourth-order valence-electron chi connectivity index (χ4n) is 1.04. The molecule has 1 aliphatic heterocycles. The third-order valence-electron chi connectivity index (χ3n) is 2.14. The first kappa shape index (κ1) is 8.92. The molecule has 0 saturated carbocycles. The summed E-state index contributed by atoms with van der Waals surface area (Å²) >= 11 is 2.07. The van der Waals surface area contributed by atoms with E-state index in [1.165, 1.54) is 12.0 Å². The number of hydrogen-bond donors (Lipinski definition) is 0. The molecule has 0 spiro atoms. The molecule has 1 unspecified atom stereocenters. The van der Waals surface area contributed by atoms with Crippen LogP contribution in [0.5, 0.6) is 0 Å². The van der Waals surface area contributed by atoms with Crippen molar-refractivity contribution in [3.63, 3.8) is 0 Å². The first-order valence-electron chi connectivity index (χ1n) is 4.03. The molecule has 0 amide bonds. The Labute approximate surface area is 73.8 Å². The summed E-state index contributed by atoms with van der Waals surface area (Å²) in [4.78, 5) is 0. The van der Waals surface area contributed by atoms with Gasteiger partial charge in [-0.05, 0) is 27.2 Å². The van der Waals surface area contributed by atoms with Crippen molar-refractivity contribution in [3.05, 3.63) is 24.3 Å². The first-order chi connectivity index (χ1) is 5.06. The maximum Gasteiger partial charge on any atom is 0.0229 e.